The Labute approximate surface area is 107 Å². The van der Waals surface area contributed by atoms with E-state index in [4.69, 9.17) is 0 Å². The van der Waals surface area contributed by atoms with Crippen molar-refractivity contribution >= 4 is 0 Å². The van der Waals surface area contributed by atoms with Crippen LogP contribution in [0.15, 0.2) is 18.2 Å². The van der Waals surface area contributed by atoms with Gasteiger partial charge < -0.3 is 5.11 Å². The zero-order valence-corrected chi connectivity index (χ0v) is 10.8. The smallest absolute Gasteiger partial charge is 0.129 e. The van der Waals surface area contributed by atoms with Crippen molar-refractivity contribution in [3.05, 3.63) is 35.4 Å². The second kappa shape index (κ2) is 5.35. The fourth-order valence-electron chi connectivity index (χ4n) is 3.11. The Morgan fingerprint density at radius 3 is 2.50 bits per heavy atom. The summed E-state index contributed by atoms with van der Waals surface area (Å²) >= 11 is 0. The SMILES string of the molecule is CCC1(C(O)Cc2ccc(F)cc2F)CCCC1. The molecule has 0 amide bonds. The Morgan fingerprint density at radius 1 is 1.28 bits per heavy atom. The lowest BCUT2D eigenvalue weighted by Gasteiger charge is -2.33. The quantitative estimate of drug-likeness (QED) is 0.865. The molecular formula is C15H20F2O. The molecule has 1 N–H and O–H groups in total. The minimum atomic E-state index is -0.572. The van der Waals surface area contributed by atoms with Crippen LogP contribution in [0.25, 0.3) is 0 Å². The molecular weight excluding hydrogens is 234 g/mol. The lowest BCUT2D eigenvalue weighted by Crippen LogP contribution is -2.34. The van der Waals surface area contributed by atoms with Crippen LogP contribution in [-0.2, 0) is 6.42 Å². The van der Waals surface area contributed by atoms with E-state index < -0.39 is 17.7 Å². The fraction of sp³-hybridized carbons (Fsp3) is 0.600. The van der Waals surface area contributed by atoms with Gasteiger partial charge in [0.15, 0.2) is 0 Å². The largest absolute Gasteiger partial charge is 0.392 e. The Hall–Kier alpha value is -0.960. The molecule has 1 atom stereocenters. The third-order valence-electron chi connectivity index (χ3n) is 4.44. The number of halogens is 2. The van der Waals surface area contributed by atoms with E-state index >= 15 is 0 Å². The maximum Gasteiger partial charge on any atom is 0.129 e. The second-order valence-electron chi connectivity index (χ2n) is 5.38. The van der Waals surface area contributed by atoms with Gasteiger partial charge in [0.2, 0.25) is 0 Å². The number of aliphatic hydroxyl groups excluding tert-OH is 1. The topological polar surface area (TPSA) is 20.2 Å². The molecule has 1 aliphatic rings. The van der Waals surface area contributed by atoms with E-state index in [0.717, 1.165) is 38.2 Å². The molecule has 1 fully saturated rings. The maximum atomic E-state index is 13.6. The Balaban J connectivity index is 2.12. The third-order valence-corrected chi connectivity index (χ3v) is 4.44. The van der Waals surface area contributed by atoms with Gasteiger partial charge in [0.05, 0.1) is 6.10 Å². The van der Waals surface area contributed by atoms with Gasteiger partial charge in [-0.2, -0.15) is 0 Å². The van der Waals surface area contributed by atoms with Crippen LogP contribution < -0.4 is 0 Å². The van der Waals surface area contributed by atoms with Crippen molar-refractivity contribution in [3.8, 4) is 0 Å². The van der Waals surface area contributed by atoms with E-state index in [0.29, 0.717) is 5.56 Å². The van der Waals surface area contributed by atoms with Crippen LogP contribution in [0.2, 0.25) is 0 Å². The molecule has 100 valence electrons. The van der Waals surface area contributed by atoms with Gasteiger partial charge in [0.1, 0.15) is 11.6 Å². The molecule has 0 saturated heterocycles. The van der Waals surface area contributed by atoms with Crippen molar-refractivity contribution in [2.45, 2.75) is 51.6 Å². The molecule has 0 aliphatic heterocycles. The summed E-state index contributed by atoms with van der Waals surface area (Å²) in [5.74, 6) is -1.13. The molecule has 1 aliphatic carbocycles. The molecule has 3 heteroatoms. The zero-order chi connectivity index (χ0) is 13.2. The summed E-state index contributed by atoms with van der Waals surface area (Å²) in [6, 6.07) is 3.57. The molecule has 0 bridgehead atoms. The van der Waals surface area contributed by atoms with E-state index in [1.807, 2.05) is 0 Å². The average Bonchev–Trinajstić information content (AvgIpc) is 2.82. The van der Waals surface area contributed by atoms with E-state index in [2.05, 4.69) is 6.92 Å². The lowest BCUT2D eigenvalue weighted by atomic mass is 9.76. The van der Waals surface area contributed by atoms with Crippen molar-refractivity contribution in [1.29, 1.82) is 0 Å². The average molecular weight is 254 g/mol. The van der Waals surface area contributed by atoms with Gasteiger partial charge in [-0.3, -0.25) is 0 Å². The predicted octanol–water partition coefficient (Wildman–Crippen LogP) is 3.84. The van der Waals surface area contributed by atoms with E-state index in [1.165, 1.54) is 12.1 Å². The molecule has 18 heavy (non-hydrogen) atoms. The third kappa shape index (κ3) is 2.56. The number of aliphatic hydroxyl groups is 1. The Kier molecular flexibility index (Phi) is 4.00. The van der Waals surface area contributed by atoms with Crippen LogP contribution >= 0.6 is 0 Å². The van der Waals surface area contributed by atoms with Crippen LogP contribution in [-0.4, -0.2) is 11.2 Å². The van der Waals surface area contributed by atoms with Gasteiger partial charge in [-0.25, -0.2) is 8.78 Å². The Bertz CT molecular complexity index is 411. The lowest BCUT2D eigenvalue weighted by molar-refractivity contribution is 0.0251. The molecule has 0 heterocycles. The van der Waals surface area contributed by atoms with Crippen molar-refractivity contribution in [2.24, 2.45) is 5.41 Å². The predicted molar refractivity (Wildman–Crippen MR) is 67.3 cm³/mol. The molecule has 1 saturated carbocycles. The first-order valence-electron chi connectivity index (χ1n) is 6.69. The van der Waals surface area contributed by atoms with Crippen LogP contribution in [0, 0.1) is 17.0 Å². The van der Waals surface area contributed by atoms with Crippen LogP contribution in [0.4, 0.5) is 8.78 Å². The fourth-order valence-corrected chi connectivity index (χ4v) is 3.11. The van der Waals surface area contributed by atoms with Crippen LogP contribution in [0.3, 0.4) is 0 Å². The summed E-state index contributed by atoms with van der Waals surface area (Å²) in [5.41, 5.74) is 0.338. The summed E-state index contributed by atoms with van der Waals surface area (Å²) in [4.78, 5) is 0. The summed E-state index contributed by atoms with van der Waals surface area (Å²) < 4.78 is 26.4. The molecule has 0 aromatic heterocycles. The maximum absolute atomic E-state index is 13.6. The van der Waals surface area contributed by atoms with Crippen molar-refractivity contribution < 1.29 is 13.9 Å². The summed E-state index contributed by atoms with van der Waals surface area (Å²) in [7, 11) is 0. The molecule has 1 aromatic rings. The number of hydrogen-bond donors (Lipinski definition) is 1. The molecule has 1 unspecified atom stereocenters. The molecule has 0 radical (unpaired) electrons. The highest BCUT2D eigenvalue weighted by Gasteiger charge is 2.38. The minimum Gasteiger partial charge on any atom is -0.392 e. The van der Waals surface area contributed by atoms with E-state index in [-0.39, 0.29) is 11.8 Å². The van der Waals surface area contributed by atoms with Gasteiger partial charge in [0.25, 0.3) is 0 Å². The van der Waals surface area contributed by atoms with Crippen LogP contribution in [0.1, 0.15) is 44.6 Å². The van der Waals surface area contributed by atoms with Crippen molar-refractivity contribution in [3.63, 3.8) is 0 Å². The highest BCUT2D eigenvalue weighted by atomic mass is 19.1. The molecule has 1 nitrogen and oxygen atoms in total. The van der Waals surface area contributed by atoms with Crippen molar-refractivity contribution in [2.75, 3.05) is 0 Å². The summed E-state index contributed by atoms with van der Waals surface area (Å²) in [5, 5.41) is 10.4. The summed E-state index contributed by atoms with van der Waals surface area (Å²) in [6.07, 6.45) is 4.94. The monoisotopic (exact) mass is 254 g/mol. The van der Waals surface area contributed by atoms with Gasteiger partial charge in [-0.1, -0.05) is 25.8 Å². The van der Waals surface area contributed by atoms with Gasteiger partial charge in [-0.05, 0) is 36.3 Å². The first kappa shape index (κ1) is 13.5. The molecule has 2 rings (SSSR count). The van der Waals surface area contributed by atoms with Gasteiger partial charge >= 0.3 is 0 Å². The number of hydrogen-bond acceptors (Lipinski definition) is 1. The zero-order valence-electron chi connectivity index (χ0n) is 10.8. The normalized spacial score (nSPS) is 20.0. The highest BCUT2D eigenvalue weighted by molar-refractivity contribution is 5.20. The first-order valence-corrected chi connectivity index (χ1v) is 6.69. The highest BCUT2D eigenvalue weighted by Crippen LogP contribution is 2.44. The van der Waals surface area contributed by atoms with E-state index in [1.54, 1.807) is 0 Å². The summed E-state index contributed by atoms with van der Waals surface area (Å²) in [6.45, 7) is 2.08. The second-order valence-corrected chi connectivity index (χ2v) is 5.38. The first-order chi connectivity index (χ1) is 8.57. The van der Waals surface area contributed by atoms with Gasteiger partial charge in [0, 0.05) is 12.5 Å². The number of rotatable bonds is 4. The van der Waals surface area contributed by atoms with Gasteiger partial charge in [-0.15, -0.1) is 0 Å². The molecule has 1 aromatic carbocycles. The van der Waals surface area contributed by atoms with Crippen molar-refractivity contribution in [1.82, 2.24) is 0 Å². The minimum absolute atomic E-state index is 0.0686. The van der Waals surface area contributed by atoms with Crippen LogP contribution in [0.5, 0.6) is 0 Å². The van der Waals surface area contributed by atoms with E-state index in [9.17, 15) is 13.9 Å². The Morgan fingerprint density at radius 2 is 1.94 bits per heavy atom. The standard InChI is InChI=1S/C15H20F2O/c1-2-15(7-3-4-8-15)14(18)9-11-5-6-12(16)10-13(11)17/h5-6,10,14,18H,2-4,7-9H2,1H3. The molecule has 0 spiro atoms. The number of benzene rings is 1.